The van der Waals surface area contributed by atoms with Crippen molar-refractivity contribution in [3.8, 4) is 0 Å². The van der Waals surface area contributed by atoms with Crippen LogP contribution in [0.25, 0.3) is 0 Å². The molecular weight excluding hydrogens is 278 g/mol. The molecule has 0 aliphatic rings. The summed E-state index contributed by atoms with van der Waals surface area (Å²) in [7, 11) is 0. The Morgan fingerprint density at radius 1 is 0.773 bits per heavy atom. The van der Waals surface area contributed by atoms with Crippen molar-refractivity contribution in [2.75, 3.05) is 13.2 Å². The maximum Gasteiger partial charge on any atom is 0.104 e. The molecule has 0 amide bonds. The summed E-state index contributed by atoms with van der Waals surface area (Å²) in [5.41, 5.74) is 2.30. The van der Waals surface area contributed by atoms with Crippen LogP contribution in [0.3, 0.4) is 0 Å². The molecule has 2 aromatic carbocycles. The van der Waals surface area contributed by atoms with Gasteiger partial charge in [0.25, 0.3) is 0 Å². The molecule has 1 atom stereocenters. The van der Waals surface area contributed by atoms with Crippen molar-refractivity contribution >= 4 is 0 Å². The molecule has 2 N–H and O–H groups in total. The molecule has 0 unspecified atom stereocenters. The lowest BCUT2D eigenvalue weighted by atomic mass is 10.2. The fourth-order valence-electron chi connectivity index (χ4n) is 2.05. The van der Waals surface area contributed by atoms with E-state index in [1.165, 1.54) is 0 Å². The summed E-state index contributed by atoms with van der Waals surface area (Å²) in [6.45, 7) is 2.21. The van der Waals surface area contributed by atoms with Gasteiger partial charge in [0.05, 0.1) is 19.8 Å². The van der Waals surface area contributed by atoms with Crippen LogP contribution in [-0.2, 0) is 27.5 Å². The Balaban J connectivity index is 1.58. The minimum absolute atomic E-state index is 0.153. The summed E-state index contributed by atoms with van der Waals surface area (Å²) in [6.07, 6.45) is 0.553. The van der Waals surface area contributed by atoms with Gasteiger partial charge in [-0.25, -0.2) is 5.90 Å². The van der Waals surface area contributed by atoms with Crippen LogP contribution < -0.4 is 5.90 Å². The Morgan fingerprint density at radius 3 is 1.86 bits per heavy atom. The van der Waals surface area contributed by atoms with Crippen LogP contribution in [0, 0.1) is 0 Å². The number of nitrogens with two attached hydrogens (primary N) is 1. The topological polar surface area (TPSA) is 53.7 Å². The van der Waals surface area contributed by atoms with E-state index in [9.17, 15) is 0 Å². The van der Waals surface area contributed by atoms with Crippen molar-refractivity contribution in [3.63, 3.8) is 0 Å². The molecule has 2 rings (SSSR count). The highest BCUT2D eigenvalue weighted by Crippen LogP contribution is 2.05. The van der Waals surface area contributed by atoms with Crippen LogP contribution in [0.15, 0.2) is 60.7 Å². The highest BCUT2D eigenvalue weighted by molar-refractivity contribution is 5.14. The Bertz CT molecular complexity index is 504. The molecule has 0 spiro atoms. The zero-order valence-electron chi connectivity index (χ0n) is 12.7. The van der Waals surface area contributed by atoms with Gasteiger partial charge in [0, 0.05) is 13.0 Å². The molecule has 0 radical (unpaired) electrons. The van der Waals surface area contributed by atoms with E-state index in [2.05, 4.69) is 0 Å². The maximum absolute atomic E-state index is 5.63. The number of hydrogen-bond acceptors (Lipinski definition) is 4. The Morgan fingerprint density at radius 2 is 1.32 bits per heavy atom. The molecule has 0 saturated heterocycles. The van der Waals surface area contributed by atoms with Gasteiger partial charge in [-0.05, 0) is 11.1 Å². The lowest BCUT2D eigenvalue weighted by Crippen LogP contribution is -2.25. The van der Waals surface area contributed by atoms with Crippen LogP contribution >= 0.6 is 0 Å². The predicted molar refractivity (Wildman–Crippen MR) is 85.9 cm³/mol. The molecule has 0 fully saturated rings. The average Bonchev–Trinajstić information content (AvgIpc) is 2.59. The van der Waals surface area contributed by atoms with Gasteiger partial charge in [-0.15, -0.1) is 0 Å². The molecule has 4 nitrogen and oxygen atoms in total. The fraction of sp³-hybridized carbons (Fsp3) is 0.333. The van der Waals surface area contributed by atoms with Crippen LogP contribution in [0.5, 0.6) is 0 Å². The molecule has 2 aromatic rings. The van der Waals surface area contributed by atoms with Crippen LogP contribution in [0.1, 0.15) is 17.5 Å². The first kappa shape index (κ1) is 16.6. The number of benzene rings is 2. The van der Waals surface area contributed by atoms with E-state index in [4.69, 9.17) is 20.2 Å². The highest BCUT2D eigenvalue weighted by atomic mass is 16.6. The summed E-state index contributed by atoms with van der Waals surface area (Å²) in [6, 6.07) is 20.1. The molecule has 0 bridgehead atoms. The lowest BCUT2D eigenvalue weighted by molar-refractivity contribution is -0.0401. The summed E-state index contributed by atoms with van der Waals surface area (Å²) in [4.78, 5) is 4.94. The zero-order chi connectivity index (χ0) is 15.5. The second-order valence-electron chi connectivity index (χ2n) is 5.09. The van der Waals surface area contributed by atoms with Gasteiger partial charge in [0.1, 0.15) is 6.10 Å². The van der Waals surface area contributed by atoms with Crippen molar-refractivity contribution in [2.45, 2.75) is 25.7 Å². The van der Waals surface area contributed by atoms with Gasteiger partial charge in [-0.1, -0.05) is 60.7 Å². The molecule has 118 valence electrons. The van der Waals surface area contributed by atoms with Gasteiger partial charge in [-0.2, -0.15) is 0 Å². The van der Waals surface area contributed by atoms with Crippen LogP contribution in [-0.4, -0.2) is 19.3 Å². The minimum atomic E-state index is -0.153. The maximum atomic E-state index is 5.63. The second kappa shape index (κ2) is 10.1. The van der Waals surface area contributed by atoms with Crippen molar-refractivity contribution in [3.05, 3.63) is 71.8 Å². The largest absolute Gasteiger partial charge is 0.377 e. The van der Waals surface area contributed by atoms with E-state index < -0.39 is 0 Å². The standard InChI is InChI=1S/C18H23NO3/c19-22-18(15-21-14-17-9-5-2-6-10-17)11-12-20-13-16-7-3-1-4-8-16/h1-10,18H,11-15,19H2/t18-/m0/s1. The van der Waals surface area contributed by atoms with Gasteiger partial charge >= 0.3 is 0 Å². The Kier molecular flexibility index (Phi) is 7.63. The van der Waals surface area contributed by atoms with Crippen LogP contribution in [0.2, 0.25) is 0 Å². The molecule has 0 saturated carbocycles. The van der Waals surface area contributed by atoms with Crippen molar-refractivity contribution in [1.82, 2.24) is 0 Å². The lowest BCUT2D eigenvalue weighted by Gasteiger charge is -2.15. The van der Waals surface area contributed by atoms with Gasteiger partial charge in [0.15, 0.2) is 0 Å². The van der Waals surface area contributed by atoms with Crippen molar-refractivity contribution in [2.24, 2.45) is 5.90 Å². The van der Waals surface area contributed by atoms with E-state index in [-0.39, 0.29) is 6.10 Å². The molecule has 0 aliphatic carbocycles. The molecule has 0 aliphatic heterocycles. The Labute approximate surface area is 131 Å². The zero-order valence-corrected chi connectivity index (χ0v) is 12.7. The summed E-state index contributed by atoms with van der Waals surface area (Å²) >= 11 is 0. The fourth-order valence-corrected chi connectivity index (χ4v) is 2.05. The quantitative estimate of drug-likeness (QED) is 0.541. The first-order valence-electron chi connectivity index (χ1n) is 7.47. The summed E-state index contributed by atoms with van der Waals surface area (Å²) in [5, 5.41) is 0. The van der Waals surface area contributed by atoms with Crippen molar-refractivity contribution < 1.29 is 14.3 Å². The van der Waals surface area contributed by atoms with E-state index in [0.717, 1.165) is 11.1 Å². The van der Waals surface area contributed by atoms with E-state index in [0.29, 0.717) is 32.8 Å². The molecule has 0 heterocycles. The van der Waals surface area contributed by atoms with Gasteiger partial charge in [0.2, 0.25) is 0 Å². The van der Waals surface area contributed by atoms with Gasteiger partial charge in [-0.3, -0.25) is 4.84 Å². The molecule has 4 heteroatoms. The third-order valence-electron chi connectivity index (χ3n) is 3.30. The van der Waals surface area contributed by atoms with Crippen LogP contribution in [0.4, 0.5) is 0 Å². The number of rotatable bonds is 10. The first-order valence-corrected chi connectivity index (χ1v) is 7.47. The third-order valence-corrected chi connectivity index (χ3v) is 3.30. The first-order chi connectivity index (χ1) is 10.9. The van der Waals surface area contributed by atoms with Gasteiger partial charge < -0.3 is 9.47 Å². The number of ether oxygens (including phenoxy) is 2. The Hall–Kier alpha value is -1.72. The third kappa shape index (κ3) is 6.37. The van der Waals surface area contributed by atoms with Crippen molar-refractivity contribution in [1.29, 1.82) is 0 Å². The normalized spacial score (nSPS) is 12.2. The summed E-state index contributed by atoms with van der Waals surface area (Å²) in [5.74, 6) is 5.31. The van der Waals surface area contributed by atoms with E-state index in [1.807, 2.05) is 60.7 Å². The predicted octanol–water partition coefficient (Wildman–Crippen LogP) is 3.07. The SMILES string of the molecule is NO[C@@H](CCOCc1ccccc1)COCc1ccccc1. The second-order valence-corrected chi connectivity index (χ2v) is 5.09. The summed E-state index contributed by atoms with van der Waals surface area (Å²) < 4.78 is 11.3. The smallest absolute Gasteiger partial charge is 0.104 e. The van der Waals surface area contributed by atoms with E-state index >= 15 is 0 Å². The average molecular weight is 301 g/mol. The monoisotopic (exact) mass is 301 g/mol. The highest BCUT2D eigenvalue weighted by Gasteiger charge is 2.08. The molecule has 22 heavy (non-hydrogen) atoms. The number of hydrogen-bond donors (Lipinski definition) is 1. The molecular formula is C18H23NO3. The van der Waals surface area contributed by atoms with E-state index in [1.54, 1.807) is 0 Å². The minimum Gasteiger partial charge on any atom is -0.377 e. The molecule has 0 aromatic heterocycles.